The molecule has 2 heterocycles. The van der Waals surface area contributed by atoms with E-state index in [9.17, 15) is 13.2 Å². The van der Waals surface area contributed by atoms with Crippen molar-refractivity contribution in [2.24, 2.45) is 0 Å². The van der Waals surface area contributed by atoms with Gasteiger partial charge in [-0.3, -0.25) is 0 Å². The van der Waals surface area contributed by atoms with Crippen molar-refractivity contribution in [1.29, 1.82) is 0 Å². The standard InChI is InChI=1S/C13H15F3N6/c1-9(12-17-5-2-6-18-12)19-7-10-3-4-11(22-21-10)20-8-13(14,15)16/h2-6,9,19H,7-8H2,1H3,(H,20,22)/t9-/m1/s1. The Balaban J connectivity index is 1.84. The molecule has 0 aliphatic heterocycles. The summed E-state index contributed by atoms with van der Waals surface area (Å²) in [4.78, 5) is 8.25. The molecular weight excluding hydrogens is 297 g/mol. The molecule has 0 unspecified atom stereocenters. The molecule has 0 amide bonds. The maximum absolute atomic E-state index is 12.1. The van der Waals surface area contributed by atoms with E-state index in [-0.39, 0.29) is 11.9 Å². The van der Waals surface area contributed by atoms with E-state index >= 15 is 0 Å². The fourth-order valence-electron chi connectivity index (χ4n) is 1.62. The van der Waals surface area contributed by atoms with Crippen LogP contribution in [0.15, 0.2) is 30.6 Å². The first-order valence-corrected chi connectivity index (χ1v) is 6.57. The van der Waals surface area contributed by atoms with Crippen LogP contribution >= 0.6 is 0 Å². The monoisotopic (exact) mass is 312 g/mol. The van der Waals surface area contributed by atoms with Crippen molar-refractivity contribution in [3.05, 3.63) is 42.1 Å². The molecule has 0 aromatic carbocycles. The summed E-state index contributed by atoms with van der Waals surface area (Å²) in [6.07, 6.45) is -0.976. The van der Waals surface area contributed by atoms with E-state index in [0.717, 1.165) is 0 Å². The SMILES string of the molecule is C[C@@H](NCc1ccc(NCC(F)(F)F)nn1)c1ncccn1. The zero-order valence-corrected chi connectivity index (χ0v) is 11.8. The molecule has 6 nitrogen and oxygen atoms in total. The molecule has 0 spiro atoms. The lowest BCUT2D eigenvalue weighted by molar-refractivity contribution is -0.115. The Hall–Kier alpha value is -2.29. The average molecular weight is 312 g/mol. The number of nitrogens with zero attached hydrogens (tertiary/aromatic N) is 4. The first-order chi connectivity index (χ1) is 10.4. The molecule has 0 bridgehead atoms. The van der Waals surface area contributed by atoms with E-state index in [1.807, 2.05) is 6.92 Å². The van der Waals surface area contributed by atoms with Crippen LogP contribution in [0.1, 0.15) is 24.5 Å². The predicted octanol–water partition coefficient (Wildman–Crippen LogP) is 2.09. The number of hydrogen-bond acceptors (Lipinski definition) is 6. The quantitative estimate of drug-likeness (QED) is 0.851. The summed E-state index contributed by atoms with van der Waals surface area (Å²) >= 11 is 0. The Bertz CT molecular complexity index is 573. The van der Waals surface area contributed by atoms with Crippen molar-refractivity contribution >= 4 is 5.82 Å². The van der Waals surface area contributed by atoms with Crippen LogP contribution in [0.25, 0.3) is 0 Å². The highest BCUT2D eigenvalue weighted by atomic mass is 19.4. The Morgan fingerprint density at radius 2 is 1.86 bits per heavy atom. The van der Waals surface area contributed by atoms with Crippen LogP contribution in [0.4, 0.5) is 19.0 Å². The molecule has 2 aromatic heterocycles. The Morgan fingerprint density at radius 3 is 2.45 bits per heavy atom. The topological polar surface area (TPSA) is 75.6 Å². The van der Waals surface area contributed by atoms with Gasteiger partial charge in [0, 0.05) is 18.9 Å². The second-order valence-corrected chi connectivity index (χ2v) is 4.59. The van der Waals surface area contributed by atoms with Crippen molar-refractivity contribution in [3.63, 3.8) is 0 Å². The molecule has 118 valence electrons. The fraction of sp³-hybridized carbons (Fsp3) is 0.385. The normalized spacial score (nSPS) is 12.9. The third kappa shape index (κ3) is 5.24. The smallest absolute Gasteiger partial charge is 0.360 e. The summed E-state index contributed by atoms with van der Waals surface area (Å²) in [5.74, 6) is 0.736. The highest BCUT2D eigenvalue weighted by Crippen LogP contribution is 2.15. The van der Waals surface area contributed by atoms with Gasteiger partial charge in [0.25, 0.3) is 0 Å². The van der Waals surface area contributed by atoms with Crippen LogP contribution < -0.4 is 10.6 Å². The maximum atomic E-state index is 12.1. The van der Waals surface area contributed by atoms with E-state index in [4.69, 9.17) is 0 Å². The van der Waals surface area contributed by atoms with E-state index in [1.165, 1.54) is 6.07 Å². The van der Waals surface area contributed by atoms with E-state index in [2.05, 4.69) is 30.8 Å². The fourth-order valence-corrected chi connectivity index (χ4v) is 1.62. The molecule has 22 heavy (non-hydrogen) atoms. The van der Waals surface area contributed by atoms with Gasteiger partial charge in [-0.15, -0.1) is 5.10 Å². The van der Waals surface area contributed by atoms with Gasteiger partial charge in [0.15, 0.2) is 0 Å². The molecule has 2 rings (SSSR count). The maximum Gasteiger partial charge on any atom is 0.405 e. The van der Waals surface area contributed by atoms with Crippen LogP contribution in [0.3, 0.4) is 0 Å². The molecular formula is C13H15F3N6. The molecule has 2 aromatic rings. The van der Waals surface area contributed by atoms with Crippen molar-refractivity contribution in [1.82, 2.24) is 25.5 Å². The minimum atomic E-state index is -4.28. The van der Waals surface area contributed by atoms with Gasteiger partial charge in [-0.05, 0) is 25.1 Å². The van der Waals surface area contributed by atoms with E-state index in [0.29, 0.717) is 18.1 Å². The van der Waals surface area contributed by atoms with Crippen LogP contribution in [-0.4, -0.2) is 32.9 Å². The summed E-state index contributed by atoms with van der Waals surface area (Å²) in [5, 5.41) is 12.9. The third-order valence-electron chi connectivity index (χ3n) is 2.75. The number of hydrogen-bond donors (Lipinski definition) is 2. The van der Waals surface area contributed by atoms with Gasteiger partial charge in [0.2, 0.25) is 0 Å². The van der Waals surface area contributed by atoms with Gasteiger partial charge in [0.1, 0.15) is 18.2 Å². The second kappa shape index (κ2) is 7.12. The van der Waals surface area contributed by atoms with Crippen molar-refractivity contribution in [2.75, 3.05) is 11.9 Å². The lowest BCUT2D eigenvalue weighted by Gasteiger charge is -2.12. The van der Waals surface area contributed by atoms with Gasteiger partial charge >= 0.3 is 6.18 Å². The summed E-state index contributed by atoms with van der Waals surface area (Å²) in [5.41, 5.74) is 0.611. The minimum Gasteiger partial charge on any atom is -0.360 e. The summed E-state index contributed by atoms with van der Waals surface area (Å²) < 4.78 is 36.2. The average Bonchev–Trinajstić information content (AvgIpc) is 2.52. The largest absolute Gasteiger partial charge is 0.405 e. The Morgan fingerprint density at radius 1 is 1.14 bits per heavy atom. The van der Waals surface area contributed by atoms with Crippen LogP contribution in [0.5, 0.6) is 0 Å². The number of anilines is 1. The van der Waals surface area contributed by atoms with Crippen LogP contribution in [0.2, 0.25) is 0 Å². The summed E-state index contributed by atoms with van der Waals surface area (Å²) in [6, 6.07) is 4.72. The van der Waals surface area contributed by atoms with Gasteiger partial charge < -0.3 is 10.6 Å². The van der Waals surface area contributed by atoms with Gasteiger partial charge in [-0.1, -0.05) is 0 Å². The van der Waals surface area contributed by atoms with E-state index < -0.39 is 12.7 Å². The van der Waals surface area contributed by atoms with E-state index in [1.54, 1.807) is 24.5 Å². The molecule has 0 aliphatic carbocycles. The Kier molecular flexibility index (Phi) is 5.21. The molecule has 9 heteroatoms. The number of nitrogens with one attached hydrogen (secondary N) is 2. The minimum absolute atomic E-state index is 0.0777. The summed E-state index contributed by atoms with van der Waals surface area (Å²) in [7, 11) is 0. The third-order valence-corrected chi connectivity index (χ3v) is 2.75. The number of aromatic nitrogens is 4. The first-order valence-electron chi connectivity index (χ1n) is 6.57. The molecule has 0 saturated heterocycles. The van der Waals surface area contributed by atoms with Crippen LogP contribution in [0, 0.1) is 0 Å². The van der Waals surface area contributed by atoms with Crippen molar-refractivity contribution in [2.45, 2.75) is 25.7 Å². The predicted molar refractivity (Wildman–Crippen MR) is 73.9 cm³/mol. The van der Waals surface area contributed by atoms with Crippen molar-refractivity contribution in [3.8, 4) is 0 Å². The number of rotatable bonds is 6. The highest BCUT2D eigenvalue weighted by Gasteiger charge is 2.26. The molecule has 0 fully saturated rings. The highest BCUT2D eigenvalue weighted by molar-refractivity contribution is 5.33. The summed E-state index contributed by atoms with van der Waals surface area (Å²) in [6.45, 7) is 1.18. The molecule has 0 saturated carbocycles. The zero-order valence-electron chi connectivity index (χ0n) is 11.8. The lowest BCUT2D eigenvalue weighted by atomic mass is 10.3. The lowest BCUT2D eigenvalue weighted by Crippen LogP contribution is -2.23. The molecule has 0 aliphatic rings. The zero-order chi connectivity index (χ0) is 16.0. The molecule has 2 N–H and O–H groups in total. The van der Waals surface area contributed by atoms with Gasteiger partial charge in [-0.25, -0.2) is 9.97 Å². The van der Waals surface area contributed by atoms with Gasteiger partial charge in [-0.2, -0.15) is 18.3 Å². The molecule has 1 atom stereocenters. The Labute approximate surface area is 125 Å². The second-order valence-electron chi connectivity index (χ2n) is 4.59. The van der Waals surface area contributed by atoms with Crippen molar-refractivity contribution < 1.29 is 13.2 Å². The van der Waals surface area contributed by atoms with Gasteiger partial charge in [0.05, 0.1) is 11.7 Å². The molecule has 0 radical (unpaired) electrons. The number of alkyl halides is 3. The van der Waals surface area contributed by atoms with Crippen LogP contribution in [-0.2, 0) is 6.54 Å². The first kappa shape index (κ1) is 16.1. The number of halogens is 3.